The molecule has 0 aromatic heterocycles. The quantitative estimate of drug-likeness (QED) is 0.819. The molecule has 1 aliphatic rings. The third-order valence-corrected chi connectivity index (χ3v) is 2.99. The van der Waals surface area contributed by atoms with Crippen LogP contribution in [0.1, 0.15) is 5.56 Å². The van der Waals surface area contributed by atoms with E-state index in [1.54, 1.807) is 12.1 Å². The molecule has 1 aromatic carbocycles. The van der Waals surface area contributed by atoms with Gasteiger partial charge in [-0.05, 0) is 18.2 Å². The molecule has 18 heavy (non-hydrogen) atoms. The maximum atomic E-state index is 13.2. The van der Waals surface area contributed by atoms with E-state index in [4.69, 9.17) is 10.4 Å². The van der Waals surface area contributed by atoms with Crippen molar-refractivity contribution >= 4 is 11.8 Å². The molecular formula is C12H12FN3O2. The largest absolute Gasteiger partial charge is 0.465 e. The SMILES string of the molecule is N#Cc1cc(N2CCN(C(=O)O)CC2)ccc1F. The molecule has 1 aliphatic heterocycles. The molecule has 0 spiro atoms. The lowest BCUT2D eigenvalue weighted by Gasteiger charge is -2.34. The van der Waals surface area contributed by atoms with Crippen molar-refractivity contribution in [1.29, 1.82) is 5.26 Å². The highest BCUT2D eigenvalue weighted by Gasteiger charge is 2.20. The first-order valence-electron chi connectivity index (χ1n) is 5.54. The van der Waals surface area contributed by atoms with Crippen molar-refractivity contribution in [1.82, 2.24) is 4.90 Å². The summed E-state index contributed by atoms with van der Waals surface area (Å²) in [4.78, 5) is 14.0. The molecule has 1 heterocycles. The molecule has 6 heteroatoms. The van der Waals surface area contributed by atoms with Crippen LogP contribution in [0, 0.1) is 17.1 Å². The van der Waals surface area contributed by atoms with E-state index < -0.39 is 11.9 Å². The molecule has 0 bridgehead atoms. The van der Waals surface area contributed by atoms with Gasteiger partial charge in [-0.15, -0.1) is 0 Å². The highest BCUT2D eigenvalue weighted by atomic mass is 19.1. The normalized spacial score (nSPS) is 15.3. The summed E-state index contributed by atoms with van der Waals surface area (Å²) in [6.07, 6.45) is -0.925. The van der Waals surface area contributed by atoms with Crippen molar-refractivity contribution in [2.75, 3.05) is 31.1 Å². The number of rotatable bonds is 1. The van der Waals surface area contributed by atoms with E-state index in [1.807, 2.05) is 4.90 Å². The van der Waals surface area contributed by atoms with Gasteiger partial charge in [-0.3, -0.25) is 0 Å². The lowest BCUT2D eigenvalue weighted by Crippen LogP contribution is -2.48. The lowest BCUT2D eigenvalue weighted by atomic mass is 10.1. The van der Waals surface area contributed by atoms with E-state index in [1.165, 1.54) is 17.0 Å². The number of halogens is 1. The van der Waals surface area contributed by atoms with Gasteiger partial charge in [0.05, 0.1) is 5.56 Å². The van der Waals surface area contributed by atoms with Gasteiger partial charge in [0.15, 0.2) is 0 Å². The van der Waals surface area contributed by atoms with Crippen LogP contribution in [0.4, 0.5) is 14.9 Å². The predicted octanol–water partition coefficient (Wildman–Crippen LogP) is 1.50. The van der Waals surface area contributed by atoms with Gasteiger partial charge in [0.25, 0.3) is 0 Å². The Bertz CT molecular complexity index is 505. The summed E-state index contributed by atoms with van der Waals surface area (Å²) < 4.78 is 13.2. The molecule has 0 radical (unpaired) electrons. The predicted molar refractivity (Wildman–Crippen MR) is 62.9 cm³/mol. The van der Waals surface area contributed by atoms with Gasteiger partial charge >= 0.3 is 6.09 Å². The minimum absolute atomic E-state index is 0.00756. The van der Waals surface area contributed by atoms with Crippen molar-refractivity contribution in [2.24, 2.45) is 0 Å². The number of piperazine rings is 1. The second kappa shape index (κ2) is 4.92. The second-order valence-corrected chi connectivity index (χ2v) is 4.03. The van der Waals surface area contributed by atoms with Crippen LogP contribution in [0.2, 0.25) is 0 Å². The molecule has 0 aliphatic carbocycles. The van der Waals surface area contributed by atoms with Gasteiger partial charge in [0.2, 0.25) is 0 Å². The van der Waals surface area contributed by atoms with Crippen LogP contribution in [0.5, 0.6) is 0 Å². The fourth-order valence-corrected chi connectivity index (χ4v) is 1.95. The number of nitrogens with zero attached hydrogens (tertiary/aromatic N) is 3. The van der Waals surface area contributed by atoms with E-state index in [9.17, 15) is 9.18 Å². The number of carbonyl (C=O) groups is 1. The Labute approximate surface area is 104 Å². The number of hydrogen-bond acceptors (Lipinski definition) is 3. The summed E-state index contributed by atoms with van der Waals surface area (Å²) in [5, 5.41) is 17.6. The zero-order valence-corrected chi connectivity index (χ0v) is 9.64. The average Bonchev–Trinajstić information content (AvgIpc) is 2.39. The summed E-state index contributed by atoms with van der Waals surface area (Å²) in [6.45, 7) is 1.91. The van der Waals surface area contributed by atoms with Gasteiger partial charge < -0.3 is 14.9 Å². The highest BCUT2D eigenvalue weighted by molar-refractivity contribution is 5.65. The van der Waals surface area contributed by atoms with Crippen LogP contribution in [0.25, 0.3) is 0 Å². The third kappa shape index (κ3) is 2.35. The highest BCUT2D eigenvalue weighted by Crippen LogP contribution is 2.20. The van der Waals surface area contributed by atoms with Gasteiger partial charge in [-0.25, -0.2) is 9.18 Å². The first kappa shape index (κ1) is 12.2. The molecule has 5 nitrogen and oxygen atoms in total. The Kier molecular flexibility index (Phi) is 3.33. The Balaban J connectivity index is 2.10. The molecular weight excluding hydrogens is 237 g/mol. The second-order valence-electron chi connectivity index (χ2n) is 4.03. The monoisotopic (exact) mass is 249 g/mol. The summed E-state index contributed by atoms with van der Waals surface area (Å²) in [7, 11) is 0. The number of nitriles is 1. The molecule has 2 rings (SSSR count). The van der Waals surface area contributed by atoms with E-state index in [0.29, 0.717) is 26.2 Å². The van der Waals surface area contributed by atoms with Crippen LogP contribution in [0.3, 0.4) is 0 Å². The lowest BCUT2D eigenvalue weighted by molar-refractivity contribution is 0.142. The number of benzene rings is 1. The third-order valence-electron chi connectivity index (χ3n) is 2.99. The van der Waals surface area contributed by atoms with Crippen LogP contribution in [-0.4, -0.2) is 42.3 Å². The molecule has 0 unspecified atom stereocenters. The number of hydrogen-bond donors (Lipinski definition) is 1. The van der Waals surface area contributed by atoms with Crippen LogP contribution < -0.4 is 4.90 Å². The summed E-state index contributed by atoms with van der Waals surface area (Å²) in [6, 6.07) is 6.15. The van der Waals surface area contributed by atoms with Crippen molar-refractivity contribution in [3.8, 4) is 6.07 Å². The summed E-state index contributed by atoms with van der Waals surface area (Å²) >= 11 is 0. The maximum absolute atomic E-state index is 13.2. The zero-order valence-electron chi connectivity index (χ0n) is 9.64. The molecule has 0 saturated carbocycles. The van der Waals surface area contributed by atoms with Crippen LogP contribution in [0.15, 0.2) is 18.2 Å². The van der Waals surface area contributed by atoms with Crippen molar-refractivity contribution in [3.05, 3.63) is 29.6 Å². The molecule has 1 fully saturated rings. The topological polar surface area (TPSA) is 67.6 Å². The van der Waals surface area contributed by atoms with Gasteiger partial charge in [0.1, 0.15) is 11.9 Å². The zero-order chi connectivity index (χ0) is 13.1. The Hall–Kier alpha value is -2.29. The molecule has 1 amide bonds. The van der Waals surface area contributed by atoms with Gasteiger partial charge in [-0.1, -0.05) is 0 Å². The first-order valence-corrected chi connectivity index (χ1v) is 5.54. The van der Waals surface area contributed by atoms with Crippen LogP contribution in [-0.2, 0) is 0 Å². The Morgan fingerprint density at radius 3 is 2.56 bits per heavy atom. The molecule has 0 atom stereocenters. The fraction of sp³-hybridized carbons (Fsp3) is 0.333. The number of amides is 1. The molecule has 1 N–H and O–H groups in total. The fourth-order valence-electron chi connectivity index (χ4n) is 1.95. The van der Waals surface area contributed by atoms with E-state index in [0.717, 1.165) is 5.69 Å². The van der Waals surface area contributed by atoms with Gasteiger partial charge in [-0.2, -0.15) is 5.26 Å². The van der Waals surface area contributed by atoms with Crippen molar-refractivity contribution < 1.29 is 14.3 Å². The Morgan fingerprint density at radius 1 is 1.33 bits per heavy atom. The van der Waals surface area contributed by atoms with E-state index in [2.05, 4.69) is 0 Å². The summed E-state index contributed by atoms with van der Waals surface area (Å²) in [5.74, 6) is -0.537. The smallest absolute Gasteiger partial charge is 0.407 e. The first-order chi connectivity index (χ1) is 8.61. The van der Waals surface area contributed by atoms with E-state index in [-0.39, 0.29) is 5.56 Å². The molecule has 94 valence electrons. The minimum atomic E-state index is -0.925. The number of carboxylic acid groups (broad SMARTS) is 1. The summed E-state index contributed by atoms with van der Waals surface area (Å²) in [5.41, 5.74) is 0.756. The standard InChI is InChI=1S/C12H12FN3O2/c13-11-2-1-10(7-9(11)8-14)15-3-5-16(6-4-15)12(17)18/h1-2,7H,3-6H2,(H,17,18). The van der Waals surface area contributed by atoms with Crippen molar-refractivity contribution in [2.45, 2.75) is 0 Å². The molecule has 1 saturated heterocycles. The van der Waals surface area contributed by atoms with Crippen LogP contribution >= 0.6 is 0 Å². The average molecular weight is 249 g/mol. The Morgan fingerprint density at radius 2 is 2.00 bits per heavy atom. The maximum Gasteiger partial charge on any atom is 0.407 e. The van der Waals surface area contributed by atoms with E-state index >= 15 is 0 Å². The minimum Gasteiger partial charge on any atom is -0.465 e. The van der Waals surface area contributed by atoms with Gasteiger partial charge in [0, 0.05) is 31.9 Å². The molecule has 1 aromatic rings. The van der Waals surface area contributed by atoms with Crippen molar-refractivity contribution in [3.63, 3.8) is 0 Å². The number of anilines is 1.